The number of nitrogens with two attached hydrogens (primary N) is 2. The summed E-state index contributed by atoms with van der Waals surface area (Å²) in [6, 6.07) is 10.6. The highest BCUT2D eigenvalue weighted by Gasteiger charge is 2.35. The van der Waals surface area contributed by atoms with Gasteiger partial charge in [-0.2, -0.15) is 0 Å². The van der Waals surface area contributed by atoms with E-state index in [9.17, 15) is 18.8 Å². The molecule has 0 bridgehead atoms. The molecule has 6 rings (SSSR count). The number of fused-ring (bicyclic) bond motifs is 3. The minimum absolute atomic E-state index is 0.0163. The van der Waals surface area contributed by atoms with Crippen LogP contribution < -0.4 is 16.8 Å². The van der Waals surface area contributed by atoms with E-state index >= 15 is 0 Å². The molecule has 2 amide bonds. The molecule has 3 aliphatic rings. The molecule has 230 valence electrons. The van der Waals surface area contributed by atoms with Crippen molar-refractivity contribution in [1.82, 2.24) is 9.47 Å². The number of anilines is 1. The molecule has 9 heteroatoms. The van der Waals surface area contributed by atoms with Gasteiger partial charge in [0.05, 0.1) is 11.1 Å². The third-order valence-electron chi connectivity index (χ3n) is 8.97. The van der Waals surface area contributed by atoms with E-state index in [1.165, 1.54) is 44.2 Å². The molecule has 0 unspecified atom stereocenters. The zero-order valence-electron chi connectivity index (χ0n) is 25.4. The standard InChI is InChI=1S/C27H30FN3O2.C7H14N2O/c1-27(2)14-23-25(20-11-9-17(28)13-22(20)31(23)24(32)15-27)16-8-10-19(26(29)33)21(12-16)30-18-6-4-3-5-7-18;8-7(10)3-6-9-4-1-2-5-9/h8-13,18,30H,3-7,14-15H2,1-2H3,(H2,29,33);1-6H2,(H2,8,10). The molecule has 1 saturated carbocycles. The number of amides is 2. The van der Waals surface area contributed by atoms with E-state index in [0.29, 0.717) is 36.4 Å². The molecule has 2 aliphatic heterocycles. The minimum Gasteiger partial charge on any atom is -0.382 e. The predicted molar refractivity (Wildman–Crippen MR) is 169 cm³/mol. The van der Waals surface area contributed by atoms with Gasteiger partial charge in [0.2, 0.25) is 11.8 Å². The number of benzene rings is 2. The number of primary amides is 2. The summed E-state index contributed by atoms with van der Waals surface area (Å²) in [7, 11) is 0. The maximum atomic E-state index is 14.2. The first-order valence-corrected chi connectivity index (χ1v) is 15.6. The Labute approximate surface area is 253 Å². The predicted octanol–water partition coefficient (Wildman–Crippen LogP) is 5.86. The number of rotatable bonds is 7. The normalized spacial score (nSPS) is 18.6. The fourth-order valence-electron chi connectivity index (χ4n) is 6.87. The highest BCUT2D eigenvalue weighted by atomic mass is 19.1. The Balaban J connectivity index is 0.000000314. The van der Waals surface area contributed by atoms with Gasteiger partial charge in [-0.15, -0.1) is 0 Å². The number of aromatic nitrogens is 1. The smallest absolute Gasteiger partial charge is 0.250 e. The van der Waals surface area contributed by atoms with Crippen molar-refractivity contribution >= 4 is 34.3 Å². The van der Waals surface area contributed by atoms with Gasteiger partial charge in [-0.25, -0.2) is 4.39 Å². The van der Waals surface area contributed by atoms with Crippen molar-refractivity contribution < 1.29 is 18.8 Å². The molecule has 2 fully saturated rings. The maximum absolute atomic E-state index is 14.2. The van der Waals surface area contributed by atoms with Crippen LogP contribution in [-0.4, -0.2) is 52.9 Å². The second-order valence-corrected chi connectivity index (χ2v) is 13.1. The van der Waals surface area contributed by atoms with Gasteiger partial charge in [-0.05, 0) is 86.5 Å². The molecule has 3 aromatic rings. The van der Waals surface area contributed by atoms with Gasteiger partial charge in [-0.3, -0.25) is 19.0 Å². The van der Waals surface area contributed by atoms with Gasteiger partial charge >= 0.3 is 0 Å². The lowest BCUT2D eigenvalue weighted by Gasteiger charge is -2.30. The van der Waals surface area contributed by atoms with Gasteiger partial charge in [0, 0.05) is 47.8 Å². The molecule has 43 heavy (non-hydrogen) atoms. The molecular weight excluding hydrogens is 545 g/mol. The molecule has 8 nitrogen and oxygen atoms in total. The van der Waals surface area contributed by atoms with Crippen molar-refractivity contribution in [3.63, 3.8) is 0 Å². The van der Waals surface area contributed by atoms with Crippen LogP contribution in [0.15, 0.2) is 36.4 Å². The van der Waals surface area contributed by atoms with Crippen LogP contribution in [0.2, 0.25) is 0 Å². The molecular formula is C34H44FN5O3. The third-order valence-corrected chi connectivity index (χ3v) is 8.97. The first-order chi connectivity index (χ1) is 20.5. The number of hydrogen-bond donors (Lipinski definition) is 3. The summed E-state index contributed by atoms with van der Waals surface area (Å²) >= 11 is 0. The first-order valence-electron chi connectivity index (χ1n) is 15.6. The largest absolute Gasteiger partial charge is 0.382 e. The minimum atomic E-state index is -0.470. The van der Waals surface area contributed by atoms with Crippen molar-refractivity contribution in [2.45, 2.75) is 84.1 Å². The molecule has 2 aromatic carbocycles. The topological polar surface area (TPSA) is 123 Å². The summed E-state index contributed by atoms with van der Waals surface area (Å²) in [6.07, 6.45) is 9.89. The van der Waals surface area contributed by atoms with E-state index in [-0.39, 0.29) is 23.0 Å². The summed E-state index contributed by atoms with van der Waals surface area (Å²) in [6.45, 7) is 7.32. The van der Waals surface area contributed by atoms with Gasteiger partial charge in [0.15, 0.2) is 0 Å². The Morgan fingerprint density at radius 1 is 0.977 bits per heavy atom. The number of hydrogen-bond acceptors (Lipinski definition) is 5. The highest BCUT2D eigenvalue weighted by Crippen LogP contribution is 2.43. The number of nitrogens with one attached hydrogen (secondary N) is 1. The summed E-state index contributed by atoms with van der Waals surface area (Å²) in [5.74, 6) is -1.04. The monoisotopic (exact) mass is 589 g/mol. The molecule has 0 atom stereocenters. The second-order valence-electron chi connectivity index (χ2n) is 13.1. The highest BCUT2D eigenvalue weighted by molar-refractivity contribution is 6.06. The summed E-state index contributed by atoms with van der Waals surface area (Å²) in [4.78, 5) is 37.9. The Morgan fingerprint density at radius 2 is 1.70 bits per heavy atom. The molecule has 0 radical (unpaired) electrons. The summed E-state index contributed by atoms with van der Waals surface area (Å²) < 4.78 is 15.9. The molecule has 1 aliphatic carbocycles. The van der Waals surface area contributed by atoms with E-state index in [1.807, 2.05) is 12.1 Å². The van der Waals surface area contributed by atoms with Gasteiger partial charge < -0.3 is 21.7 Å². The van der Waals surface area contributed by atoms with E-state index in [4.69, 9.17) is 11.5 Å². The number of likely N-dealkylation sites (tertiary alicyclic amines) is 1. The van der Waals surface area contributed by atoms with Crippen molar-refractivity contribution in [2.75, 3.05) is 25.0 Å². The van der Waals surface area contributed by atoms with Crippen molar-refractivity contribution in [3.05, 3.63) is 53.5 Å². The van der Waals surface area contributed by atoms with Crippen LogP contribution in [0.3, 0.4) is 0 Å². The summed E-state index contributed by atoms with van der Waals surface area (Å²) in [5, 5.41) is 4.40. The number of nitrogens with zero attached hydrogens (tertiary/aromatic N) is 2. The van der Waals surface area contributed by atoms with E-state index in [0.717, 1.165) is 60.4 Å². The van der Waals surface area contributed by atoms with Crippen LogP contribution in [0.4, 0.5) is 10.1 Å². The maximum Gasteiger partial charge on any atom is 0.250 e. The van der Waals surface area contributed by atoms with Crippen LogP contribution >= 0.6 is 0 Å². The van der Waals surface area contributed by atoms with Crippen molar-refractivity contribution in [1.29, 1.82) is 0 Å². The van der Waals surface area contributed by atoms with Crippen LogP contribution in [0.5, 0.6) is 0 Å². The molecule has 3 heterocycles. The Hall–Kier alpha value is -3.72. The molecule has 5 N–H and O–H groups in total. The lowest BCUT2D eigenvalue weighted by atomic mass is 9.80. The van der Waals surface area contributed by atoms with Crippen LogP contribution in [-0.2, 0) is 11.2 Å². The average Bonchev–Trinajstić information content (AvgIpc) is 3.58. The quantitative estimate of drug-likeness (QED) is 0.319. The average molecular weight is 590 g/mol. The fraction of sp³-hybridized carbons (Fsp3) is 0.500. The molecule has 1 saturated heterocycles. The lowest BCUT2D eigenvalue weighted by molar-refractivity contribution is -0.118. The summed E-state index contributed by atoms with van der Waals surface area (Å²) in [5.41, 5.74) is 15.0. The van der Waals surface area contributed by atoms with Gasteiger partial charge in [0.25, 0.3) is 5.91 Å². The zero-order chi connectivity index (χ0) is 30.7. The Bertz CT molecular complexity index is 1520. The van der Waals surface area contributed by atoms with Crippen LogP contribution in [0.1, 0.15) is 92.5 Å². The van der Waals surface area contributed by atoms with Gasteiger partial charge in [-0.1, -0.05) is 39.2 Å². The van der Waals surface area contributed by atoms with Gasteiger partial charge in [0.1, 0.15) is 5.82 Å². The molecule has 1 aromatic heterocycles. The first kappa shape index (κ1) is 30.7. The number of carbonyl (C=O) groups excluding carboxylic acids is 3. The van der Waals surface area contributed by atoms with E-state index < -0.39 is 5.91 Å². The van der Waals surface area contributed by atoms with Crippen molar-refractivity contribution in [2.24, 2.45) is 16.9 Å². The zero-order valence-corrected chi connectivity index (χ0v) is 25.4. The fourth-order valence-corrected chi connectivity index (χ4v) is 6.87. The second kappa shape index (κ2) is 12.9. The Kier molecular flexibility index (Phi) is 9.20. The van der Waals surface area contributed by atoms with Crippen LogP contribution in [0, 0.1) is 11.2 Å². The third kappa shape index (κ3) is 7.09. The van der Waals surface area contributed by atoms with Crippen LogP contribution in [0.25, 0.3) is 22.0 Å². The van der Waals surface area contributed by atoms with Crippen molar-refractivity contribution in [3.8, 4) is 11.1 Å². The van der Waals surface area contributed by atoms with E-state index in [2.05, 4.69) is 24.1 Å². The van der Waals surface area contributed by atoms with E-state index in [1.54, 1.807) is 16.7 Å². The SMILES string of the molecule is CC1(C)CC(=O)n2c(c(-c3ccc(C(N)=O)c(NC4CCCCC4)c3)c3ccc(F)cc32)C1.NC(=O)CCN1CCCC1. The number of carbonyl (C=O) groups is 3. The molecule has 0 spiro atoms. The number of halogens is 1. The Morgan fingerprint density at radius 3 is 2.37 bits per heavy atom. The lowest BCUT2D eigenvalue weighted by Crippen LogP contribution is -2.31.